The molecule has 3 fully saturated rings. The highest BCUT2D eigenvalue weighted by Crippen LogP contribution is 2.44. The fourth-order valence-electron chi connectivity index (χ4n) is 6.76. The predicted molar refractivity (Wildman–Crippen MR) is 145 cm³/mol. The van der Waals surface area contributed by atoms with Gasteiger partial charge in [0.15, 0.2) is 0 Å². The van der Waals surface area contributed by atoms with Crippen molar-refractivity contribution in [2.24, 2.45) is 0 Å². The Morgan fingerprint density at radius 1 is 0.846 bits per heavy atom. The molecule has 1 saturated carbocycles. The van der Waals surface area contributed by atoms with E-state index in [4.69, 9.17) is 0 Å². The number of likely N-dealkylation sites (tertiary alicyclic amines) is 2. The monoisotopic (exact) mass is 541 g/mol. The first-order valence-corrected chi connectivity index (χ1v) is 14.3. The molecule has 1 aliphatic carbocycles. The minimum atomic E-state index is -4.45. The van der Waals surface area contributed by atoms with Gasteiger partial charge in [-0.1, -0.05) is 55.7 Å². The number of piperidine rings is 2. The van der Waals surface area contributed by atoms with Gasteiger partial charge in [-0.2, -0.15) is 13.2 Å². The highest BCUT2D eigenvalue weighted by Gasteiger charge is 2.46. The predicted octanol–water partition coefficient (Wildman–Crippen LogP) is 6.03. The molecule has 5 nitrogen and oxygen atoms in total. The van der Waals surface area contributed by atoms with Crippen LogP contribution in [0.4, 0.5) is 18.9 Å². The molecule has 2 aromatic carbocycles. The van der Waals surface area contributed by atoms with Gasteiger partial charge in [0.2, 0.25) is 11.8 Å². The Hall–Kier alpha value is -2.87. The number of para-hydroxylation sites is 1. The van der Waals surface area contributed by atoms with Gasteiger partial charge in [0.05, 0.1) is 17.5 Å². The molecule has 2 heterocycles. The number of hydrogen-bond acceptors (Lipinski definition) is 3. The van der Waals surface area contributed by atoms with Gasteiger partial charge in [0.25, 0.3) is 0 Å². The first-order chi connectivity index (χ1) is 18.8. The number of benzene rings is 2. The van der Waals surface area contributed by atoms with E-state index in [9.17, 15) is 22.8 Å². The number of amides is 2. The summed E-state index contributed by atoms with van der Waals surface area (Å²) in [5.41, 5.74) is -0.259. The maximum absolute atomic E-state index is 14.0. The average Bonchev–Trinajstić information content (AvgIpc) is 3.45. The first-order valence-electron chi connectivity index (χ1n) is 14.3. The van der Waals surface area contributed by atoms with Gasteiger partial charge >= 0.3 is 6.18 Å². The molecule has 0 N–H and O–H groups in total. The molecule has 210 valence electrons. The number of hydrogen-bond donors (Lipinski definition) is 0. The Morgan fingerprint density at radius 2 is 1.51 bits per heavy atom. The maximum Gasteiger partial charge on any atom is 0.416 e. The second-order valence-corrected chi connectivity index (χ2v) is 11.3. The zero-order valence-corrected chi connectivity index (χ0v) is 22.5. The van der Waals surface area contributed by atoms with E-state index >= 15 is 0 Å². The van der Waals surface area contributed by atoms with Crippen LogP contribution in [0.5, 0.6) is 0 Å². The van der Waals surface area contributed by atoms with E-state index in [1.165, 1.54) is 18.6 Å². The third-order valence-electron chi connectivity index (χ3n) is 8.84. The zero-order valence-electron chi connectivity index (χ0n) is 22.5. The summed E-state index contributed by atoms with van der Waals surface area (Å²) in [5.74, 6) is 0.0211. The van der Waals surface area contributed by atoms with E-state index in [1.54, 1.807) is 6.07 Å². The molecule has 8 heteroatoms. The molecule has 0 spiro atoms. The Morgan fingerprint density at radius 3 is 2.15 bits per heavy atom. The lowest BCUT2D eigenvalue weighted by atomic mass is 9.76. The molecule has 0 unspecified atom stereocenters. The highest BCUT2D eigenvalue weighted by molar-refractivity contribution is 5.95. The van der Waals surface area contributed by atoms with Crippen LogP contribution in [0.2, 0.25) is 0 Å². The van der Waals surface area contributed by atoms with Crippen molar-refractivity contribution < 1.29 is 22.8 Å². The van der Waals surface area contributed by atoms with Crippen LogP contribution in [0, 0.1) is 0 Å². The highest BCUT2D eigenvalue weighted by atomic mass is 19.4. The van der Waals surface area contributed by atoms with Gasteiger partial charge in [-0.25, -0.2) is 0 Å². The Kier molecular flexibility index (Phi) is 8.31. The average molecular weight is 542 g/mol. The number of alkyl halides is 3. The number of rotatable bonds is 6. The Balaban J connectivity index is 1.32. The summed E-state index contributed by atoms with van der Waals surface area (Å²) in [6.07, 6.45) is 3.07. The minimum absolute atomic E-state index is 0.0261. The van der Waals surface area contributed by atoms with Crippen molar-refractivity contribution in [3.05, 3.63) is 65.7 Å². The van der Waals surface area contributed by atoms with E-state index in [0.29, 0.717) is 50.9 Å². The van der Waals surface area contributed by atoms with Crippen LogP contribution < -0.4 is 4.90 Å². The summed E-state index contributed by atoms with van der Waals surface area (Å²) in [7, 11) is 0. The van der Waals surface area contributed by atoms with Crippen LogP contribution in [-0.2, 0) is 21.2 Å². The Bertz CT molecular complexity index is 1130. The largest absolute Gasteiger partial charge is 0.416 e. The van der Waals surface area contributed by atoms with Crippen molar-refractivity contribution in [1.82, 2.24) is 9.80 Å². The van der Waals surface area contributed by atoms with Crippen LogP contribution in [0.1, 0.15) is 68.9 Å². The lowest BCUT2D eigenvalue weighted by Crippen LogP contribution is -2.54. The molecule has 39 heavy (non-hydrogen) atoms. The molecule has 2 amide bonds. The molecule has 5 rings (SSSR count). The Labute approximate surface area is 229 Å². The third kappa shape index (κ3) is 6.01. The van der Waals surface area contributed by atoms with Crippen molar-refractivity contribution in [3.63, 3.8) is 0 Å². The third-order valence-corrected chi connectivity index (χ3v) is 8.84. The summed E-state index contributed by atoms with van der Waals surface area (Å²) < 4.78 is 40.4. The maximum atomic E-state index is 14.0. The summed E-state index contributed by atoms with van der Waals surface area (Å²) in [6.45, 7) is 3.26. The van der Waals surface area contributed by atoms with Gasteiger partial charge in [-0.3, -0.25) is 14.5 Å². The van der Waals surface area contributed by atoms with E-state index in [0.717, 1.165) is 50.5 Å². The van der Waals surface area contributed by atoms with Crippen molar-refractivity contribution in [2.45, 2.75) is 75.4 Å². The molecule has 0 aromatic heterocycles. The number of carbonyl (C=O) groups excluding carboxylic acids is 2. The molecule has 0 radical (unpaired) electrons. The van der Waals surface area contributed by atoms with Crippen LogP contribution in [0.3, 0.4) is 0 Å². The molecule has 2 saturated heterocycles. The van der Waals surface area contributed by atoms with E-state index in [2.05, 4.69) is 4.90 Å². The van der Waals surface area contributed by atoms with Crippen LogP contribution in [-0.4, -0.2) is 60.4 Å². The summed E-state index contributed by atoms with van der Waals surface area (Å²) in [4.78, 5) is 33.6. The van der Waals surface area contributed by atoms with Crippen molar-refractivity contribution in [2.75, 3.05) is 37.6 Å². The number of halogens is 3. The molecule has 3 aliphatic rings. The van der Waals surface area contributed by atoms with E-state index < -0.39 is 17.2 Å². The molecule has 2 aromatic rings. The molecule has 0 atom stereocenters. The summed E-state index contributed by atoms with van der Waals surface area (Å²) >= 11 is 0. The van der Waals surface area contributed by atoms with E-state index in [-0.39, 0.29) is 17.9 Å². The number of anilines is 1. The van der Waals surface area contributed by atoms with Crippen LogP contribution in [0.15, 0.2) is 54.6 Å². The fourth-order valence-corrected chi connectivity index (χ4v) is 6.76. The smallest absolute Gasteiger partial charge is 0.342 e. The molecule has 0 bridgehead atoms. The molecular weight excluding hydrogens is 503 g/mol. The normalized spacial score (nSPS) is 20.6. The zero-order chi connectivity index (χ0) is 27.5. The summed E-state index contributed by atoms with van der Waals surface area (Å²) in [6, 6.07) is 15.1. The second-order valence-electron chi connectivity index (χ2n) is 11.3. The van der Waals surface area contributed by atoms with Gasteiger partial charge in [-0.15, -0.1) is 0 Å². The number of carbonyl (C=O) groups is 2. The van der Waals surface area contributed by atoms with Crippen LogP contribution in [0.25, 0.3) is 0 Å². The standard InChI is InChI=1S/C31H38F3N3O2/c32-31(33,34)25-11-9-10-24(22-25)30(16-5-6-17-30)29(39)36-20-14-27(15-21-36)37(26-12-3-1-4-13-26)28(38)23-35-18-7-2-8-19-35/h1,3-4,9-13,22,27H,2,5-8,14-21,23H2. The topological polar surface area (TPSA) is 43.9 Å². The summed E-state index contributed by atoms with van der Waals surface area (Å²) in [5, 5.41) is 0. The van der Waals surface area contributed by atoms with Crippen molar-refractivity contribution in [1.29, 1.82) is 0 Å². The quantitative estimate of drug-likeness (QED) is 0.449. The van der Waals surface area contributed by atoms with Crippen LogP contribution >= 0.6 is 0 Å². The lowest BCUT2D eigenvalue weighted by molar-refractivity contribution is -0.140. The first kappa shape index (κ1) is 27.7. The minimum Gasteiger partial charge on any atom is -0.342 e. The number of nitrogens with zero attached hydrogens (tertiary/aromatic N) is 3. The van der Waals surface area contributed by atoms with Gasteiger partial charge < -0.3 is 9.80 Å². The van der Waals surface area contributed by atoms with E-state index in [1.807, 2.05) is 40.1 Å². The van der Waals surface area contributed by atoms with Crippen molar-refractivity contribution >= 4 is 17.5 Å². The molecule has 2 aliphatic heterocycles. The van der Waals surface area contributed by atoms with Gasteiger partial charge in [0.1, 0.15) is 0 Å². The lowest BCUT2D eigenvalue weighted by Gasteiger charge is -2.42. The SMILES string of the molecule is O=C(CN1CCCCC1)N(c1ccccc1)C1CCN(C(=O)C2(c3cccc(C(F)(F)F)c3)CCCC2)CC1. The molecular formula is C31H38F3N3O2. The van der Waals surface area contributed by atoms with Gasteiger partial charge in [0, 0.05) is 24.8 Å². The fraction of sp³-hybridized carbons (Fsp3) is 0.548. The van der Waals surface area contributed by atoms with Gasteiger partial charge in [-0.05, 0) is 75.4 Å². The van der Waals surface area contributed by atoms with Crippen molar-refractivity contribution in [3.8, 4) is 0 Å². The second kappa shape index (κ2) is 11.7.